The number of ether oxygens (including phenoxy) is 1. The van der Waals surface area contributed by atoms with Gasteiger partial charge in [-0.15, -0.1) is 12.4 Å². The molecule has 0 aromatic carbocycles. The molecule has 4 nitrogen and oxygen atoms in total. The van der Waals surface area contributed by atoms with Crippen LogP contribution in [0.4, 0.5) is 0 Å². The van der Waals surface area contributed by atoms with Crippen LogP contribution in [0.2, 0.25) is 0 Å². The van der Waals surface area contributed by atoms with E-state index in [1.165, 1.54) is 0 Å². The molecule has 17 heavy (non-hydrogen) atoms. The lowest BCUT2D eigenvalue weighted by atomic mass is 9.76. The molecule has 0 radical (unpaired) electrons. The van der Waals surface area contributed by atoms with Crippen molar-refractivity contribution < 1.29 is 9.53 Å². The number of nitrogens with zero attached hydrogens (tertiary/aromatic N) is 1. The summed E-state index contributed by atoms with van der Waals surface area (Å²) in [6.45, 7) is 4.30. The second-order valence-electron chi connectivity index (χ2n) is 4.99. The van der Waals surface area contributed by atoms with Gasteiger partial charge in [-0.25, -0.2) is 0 Å². The van der Waals surface area contributed by atoms with Crippen molar-refractivity contribution in [3.63, 3.8) is 0 Å². The van der Waals surface area contributed by atoms with Crippen molar-refractivity contribution in [3.8, 4) is 0 Å². The van der Waals surface area contributed by atoms with E-state index in [4.69, 9.17) is 10.5 Å². The summed E-state index contributed by atoms with van der Waals surface area (Å²) in [6, 6.07) is 0. The smallest absolute Gasteiger partial charge is 0.242 e. The first-order chi connectivity index (χ1) is 7.65. The Bertz CT molecular complexity index is 263. The zero-order chi connectivity index (χ0) is 11.6. The normalized spacial score (nSPS) is 25.9. The summed E-state index contributed by atoms with van der Waals surface area (Å²) in [5.74, 6) is 0.122. The van der Waals surface area contributed by atoms with Gasteiger partial charge in [-0.2, -0.15) is 0 Å². The fraction of sp³-hybridized carbons (Fsp3) is 0.917. The third kappa shape index (κ3) is 3.12. The van der Waals surface area contributed by atoms with E-state index in [-0.39, 0.29) is 24.4 Å². The molecule has 0 bridgehead atoms. The minimum Gasteiger partial charge on any atom is -0.376 e. The second-order valence-corrected chi connectivity index (χ2v) is 4.99. The molecule has 0 aromatic heterocycles. The van der Waals surface area contributed by atoms with E-state index in [9.17, 15) is 4.79 Å². The van der Waals surface area contributed by atoms with Crippen molar-refractivity contribution in [3.05, 3.63) is 0 Å². The number of hydrogen-bond donors (Lipinski definition) is 1. The van der Waals surface area contributed by atoms with E-state index in [0.717, 1.165) is 45.3 Å². The summed E-state index contributed by atoms with van der Waals surface area (Å²) in [4.78, 5) is 14.1. The molecule has 0 aromatic rings. The van der Waals surface area contributed by atoms with Gasteiger partial charge in [0.15, 0.2) is 0 Å². The number of hydrogen-bond acceptors (Lipinski definition) is 3. The largest absolute Gasteiger partial charge is 0.376 e. The number of rotatable bonds is 4. The minimum absolute atomic E-state index is 0. The summed E-state index contributed by atoms with van der Waals surface area (Å²) in [5, 5.41) is 0. The zero-order valence-corrected chi connectivity index (χ0v) is 11.3. The zero-order valence-electron chi connectivity index (χ0n) is 10.5. The molecule has 100 valence electrons. The summed E-state index contributed by atoms with van der Waals surface area (Å²) < 4.78 is 5.57. The van der Waals surface area contributed by atoms with E-state index in [0.29, 0.717) is 6.54 Å². The Morgan fingerprint density at radius 2 is 2.18 bits per heavy atom. The van der Waals surface area contributed by atoms with Gasteiger partial charge in [0.2, 0.25) is 5.91 Å². The van der Waals surface area contributed by atoms with Gasteiger partial charge in [-0.1, -0.05) is 0 Å². The van der Waals surface area contributed by atoms with E-state index < -0.39 is 5.54 Å². The Morgan fingerprint density at radius 1 is 1.47 bits per heavy atom. The van der Waals surface area contributed by atoms with E-state index in [1.807, 2.05) is 11.8 Å². The molecule has 1 aliphatic heterocycles. The van der Waals surface area contributed by atoms with Gasteiger partial charge in [0.05, 0.1) is 11.6 Å². The van der Waals surface area contributed by atoms with E-state index in [1.54, 1.807) is 0 Å². The summed E-state index contributed by atoms with van der Waals surface area (Å²) in [6.07, 6.45) is 5.18. The number of amides is 1. The molecule has 1 amide bonds. The first kappa shape index (κ1) is 14.7. The highest BCUT2D eigenvalue weighted by Crippen LogP contribution is 2.31. The molecule has 1 atom stereocenters. The number of likely N-dealkylation sites (N-methyl/N-ethyl adjacent to an activating group) is 1. The van der Waals surface area contributed by atoms with Crippen LogP contribution in [0.3, 0.4) is 0 Å². The lowest BCUT2D eigenvalue weighted by Crippen LogP contribution is -2.60. The van der Waals surface area contributed by atoms with Crippen LogP contribution in [-0.2, 0) is 9.53 Å². The van der Waals surface area contributed by atoms with Gasteiger partial charge in [0.1, 0.15) is 0 Å². The van der Waals surface area contributed by atoms with Gasteiger partial charge in [0, 0.05) is 19.7 Å². The molecule has 2 N–H and O–H groups in total. The second kappa shape index (κ2) is 6.03. The molecule has 5 heteroatoms. The molecule has 1 saturated carbocycles. The van der Waals surface area contributed by atoms with Crippen molar-refractivity contribution in [2.24, 2.45) is 5.73 Å². The average Bonchev–Trinajstić information content (AvgIpc) is 2.74. The Labute approximate surface area is 109 Å². The lowest BCUT2D eigenvalue weighted by molar-refractivity contribution is -0.141. The van der Waals surface area contributed by atoms with Crippen LogP contribution < -0.4 is 5.73 Å². The van der Waals surface area contributed by atoms with Crippen LogP contribution in [0, 0.1) is 0 Å². The van der Waals surface area contributed by atoms with Crippen molar-refractivity contribution in [2.75, 3.05) is 19.7 Å². The third-order valence-corrected chi connectivity index (χ3v) is 3.79. The fourth-order valence-electron chi connectivity index (χ4n) is 2.48. The van der Waals surface area contributed by atoms with Crippen LogP contribution in [0.15, 0.2) is 0 Å². The predicted octanol–water partition coefficient (Wildman–Crippen LogP) is 1.32. The highest BCUT2D eigenvalue weighted by Gasteiger charge is 2.42. The van der Waals surface area contributed by atoms with E-state index >= 15 is 0 Å². The van der Waals surface area contributed by atoms with Crippen molar-refractivity contribution in [2.45, 2.75) is 50.7 Å². The van der Waals surface area contributed by atoms with Gasteiger partial charge in [-0.3, -0.25) is 4.79 Å². The Kier molecular flexibility index (Phi) is 5.22. The van der Waals surface area contributed by atoms with Crippen LogP contribution in [-0.4, -0.2) is 42.1 Å². The maximum atomic E-state index is 12.2. The topological polar surface area (TPSA) is 55.6 Å². The van der Waals surface area contributed by atoms with Gasteiger partial charge in [0.25, 0.3) is 0 Å². The quantitative estimate of drug-likeness (QED) is 0.831. The fourth-order valence-corrected chi connectivity index (χ4v) is 2.48. The molecule has 1 heterocycles. The monoisotopic (exact) mass is 262 g/mol. The number of halogens is 1. The van der Waals surface area contributed by atoms with Crippen LogP contribution in [0.1, 0.15) is 39.0 Å². The SMILES string of the molecule is CCN(CC1CCCO1)C(=O)C1(N)CCC1.Cl. The van der Waals surface area contributed by atoms with E-state index in [2.05, 4.69) is 0 Å². The molecule has 2 rings (SSSR count). The maximum Gasteiger partial charge on any atom is 0.242 e. The van der Waals surface area contributed by atoms with Gasteiger partial charge < -0.3 is 15.4 Å². The number of nitrogens with two attached hydrogens (primary N) is 1. The summed E-state index contributed by atoms with van der Waals surface area (Å²) in [7, 11) is 0. The van der Waals surface area contributed by atoms with Crippen LogP contribution >= 0.6 is 12.4 Å². The molecular formula is C12H23ClN2O2. The molecule has 2 aliphatic rings. The lowest BCUT2D eigenvalue weighted by Gasteiger charge is -2.40. The summed E-state index contributed by atoms with van der Waals surface area (Å²) in [5.41, 5.74) is 5.50. The van der Waals surface area contributed by atoms with Crippen molar-refractivity contribution in [1.29, 1.82) is 0 Å². The van der Waals surface area contributed by atoms with Crippen molar-refractivity contribution in [1.82, 2.24) is 4.90 Å². The number of carbonyl (C=O) groups is 1. The third-order valence-electron chi connectivity index (χ3n) is 3.79. The predicted molar refractivity (Wildman–Crippen MR) is 69.2 cm³/mol. The number of carbonyl (C=O) groups excluding carboxylic acids is 1. The molecule has 1 saturated heterocycles. The van der Waals surface area contributed by atoms with Crippen molar-refractivity contribution >= 4 is 18.3 Å². The first-order valence-corrected chi connectivity index (χ1v) is 6.35. The molecule has 1 unspecified atom stereocenters. The maximum absolute atomic E-state index is 12.2. The molecular weight excluding hydrogens is 240 g/mol. The van der Waals surface area contributed by atoms with Crippen LogP contribution in [0.5, 0.6) is 0 Å². The standard InChI is InChI=1S/C12H22N2O2.ClH/c1-2-14(9-10-5-3-8-16-10)11(15)12(13)6-4-7-12;/h10H,2-9,13H2,1H3;1H. The highest BCUT2D eigenvalue weighted by molar-refractivity contribution is 5.87. The summed E-state index contributed by atoms with van der Waals surface area (Å²) >= 11 is 0. The van der Waals surface area contributed by atoms with Gasteiger partial charge in [-0.05, 0) is 39.0 Å². The molecule has 1 aliphatic carbocycles. The molecule has 2 fully saturated rings. The Morgan fingerprint density at radius 3 is 2.59 bits per heavy atom. The van der Waals surface area contributed by atoms with Crippen LogP contribution in [0.25, 0.3) is 0 Å². The molecule has 0 spiro atoms. The van der Waals surface area contributed by atoms with Gasteiger partial charge >= 0.3 is 0 Å². The minimum atomic E-state index is -0.561. The average molecular weight is 263 g/mol. The Balaban J connectivity index is 0.00000144. The Hall–Kier alpha value is -0.320. The highest BCUT2D eigenvalue weighted by atomic mass is 35.5. The first-order valence-electron chi connectivity index (χ1n) is 6.35.